The molecule has 0 aliphatic heterocycles. The van der Waals surface area contributed by atoms with Crippen LogP contribution in [0.15, 0.2) is 41.1 Å². The van der Waals surface area contributed by atoms with E-state index < -0.39 is 5.97 Å². The highest BCUT2D eigenvalue weighted by atomic mass is 79.9. The van der Waals surface area contributed by atoms with Crippen molar-refractivity contribution in [2.75, 3.05) is 11.9 Å². The molecule has 2 N–H and O–H groups in total. The van der Waals surface area contributed by atoms with E-state index in [0.717, 1.165) is 4.47 Å². The zero-order chi connectivity index (χ0) is 13.0. The van der Waals surface area contributed by atoms with Crippen molar-refractivity contribution >= 4 is 27.6 Å². The van der Waals surface area contributed by atoms with Crippen LogP contribution in [0, 0.1) is 0 Å². The number of nitrogens with zero attached hydrogens (tertiary/aromatic N) is 2. The normalized spacial score (nSPS) is 10.3. The summed E-state index contributed by atoms with van der Waals surface area (Å²) >= 11 is 3.33. The number of halogens is 1. The number of aromatic nitrogens is 2. The molecule has 0 saturated heterocycles. The van der Waals surface area contributed by atoms with Gasteiger partial charge in [0.25, 0.3) is 0 Å². The first-order valence-corrected chi connectivity index (χ1v) is 6.20. The zero-order valence-electron chi connectivity index (χ0n) is 9.51. The number of carboxylic acid groups (broad SMARTS) is 1. The van der Waals surface area contributed by atoms with Crippen LogP contribution in [0.2, 0.25) is 0 Å². The van der Waals surface area contributed by atoms with Gasteiger partial charge in [0.15, 0.2) is 0 Å². The third-order valence-corrected chi connectivity index (χ3v) is 2.92. The van der Waals surface area contributed by atoms with Gasteiger partial charge in [-0.1, -0.05) is 15.9 Å². The molecule has 0 fully saturated rings. The molecule has 0 radical (unpaired) electrons. The van der Waals surface area contributed by atoms with E-state index in [1.165, 1.54) is 0 Å². The highest BCUT2D eigenvalue weighted by molar-refractivity contribution is 9.10. The highest BCUT2D eigenvalue weighted by Crippen LogP contribution is 2.21. The average Bonchev–Trinajstić information content (AvgIpc) is 2.82. The van der Waals surface area contributed by atoms with Crippen molar-refractivity contribution in [3.8, 4) is 0 Å². The summed E-state index contributed by atoms with van der Waals surface area (Å²) in [4.78, 5) is 11.1. The number of rotatable bonds is 5. The molecule has 0 unspecified atom stereocenters. The maximum Gasteiger partial charge on any atom is 0.337 e. The minimum absolute atomic E-state index is 0.263. The number of nitrogens with one attached hydrogen (secondary N) is 1. The fourth-order valence-corrected chi connectivity index (χ4v) is 1.95. The van der Waals surface area contributed by atoms with E-state index in [-0.39, 0.29) is 5.56 Å². The Bertz CT molecular complexity index is 540. The van der Waals surface area contributed by atoms with E-state index in [4.69, 9.17) is 5.11 Å². The van der Waals surface area contributed by atoms with Gasteiger partial charge in [0.05, 0.1) is 12.1 Å². The summed E-state index contributed by atoms with van der Waals surface area (Å²) in [5.41, 5.74) is 0.864. The quantitative estimate of drug-likeness (QED) is 0.890. The van der Waals surface area contributed by atoms with Crippen molar-refractivity contribution in [3.63, 3.8) is 0 Å². The number of hydrogen-bond acceptors (Lipinski definition) is 3. The number of aromatic carboxylic acids is 1. The third kappa shape index (κ3) is 3.10. The highest BCUT2D eigenvalue weighted by Gasteiger charge is 2.09. The van der Waals surface area contributed by atoms with Crippen LogP contribution < -0.4 is 5.32 Å². The summed E-state index contributed by atoms with van der Waals surface area (Å²) in [5, 5.41) is 16.2. The molecule has 0 bridgehead atoms. The molecule has 0 saturated carbocycles. The molecule has 1 aromatic carbocycles. The Morgan fingerprint density at radius 3 is 3.00 bits per heavy atom. The van der Waals surface area contributed by atoms with Crippen LogP contribution in [0.5, 0.6) is 0 Å². The molecule has 1 heterocycles. The van der Waals surface area contributed by atoms with Crippen LogP contribution >= 0.6 is 15.9 Å². The Labute approximate surface area is 113 Å². The molecule has 18 heavy (non-hydrogen) atoms. The summed E-state index contributed by atoms with van der Waals surface area (Å²) in [5.74, 6) is -0.941. The zero-order valence-corrected chi connectivity index (χ0v) is 11.1. The van der Waals surface area contributed by atoms with Crippen molar-refractivity contribution in [3.05, 3.63) is 46.7 Å². The molecular weight excluding hydrogens is 298 g/mol. The second kappa shape index (κ2) is 5.68. The summed E-state index contributed by atoms with van der Waals surface area (Å²) in [7, 11) is 0. The Morgan fingerprint density at radius 2 is 2.33 bits per heavy atom. The van der Waals surface area contributed by atoms with Gasteiger partial charge in [-0.25, -0.2) is 4.79 Å². The fourth-order valence-electron chi connectivity index (χ4n) is 1.59. The van der Waals surface area contributed by atoms with E-state index in [1.807, 2.05) is 12.3 Å². The molecule has 0 aliphatic rings. The van der Waals surface area contributed by atoms with E-state index in [2.05, 4.69) is 26.3 Å². The summed E-state index contributed by atoms with van der Waals surface area (Å²) < 4.78 is 2.62. The predicted molar refractivity (Wildman–Crippen MR) is 71.8 cm³/mol. The van der Waals surface area contributed by atoms with Gasteiger partial charge in [-0.2, -0.15) is 5.10 Å². The SMILES string of the molecule is O=C(O)c1ccc(Br)cc1NCCn1cccn1. The first kappa shape index (κ1) is 12.6. The molecular formula is C12H12BrN3O2. The summed E-state index contributed by atoms with van der Waals surface area (Å²) in [6.07, 6.45) is 3.57. The number of benzene rings is 1. The standard InChI is InChI=1S/C12H12BrN3O2/c13-9-2-3-10(12(17)18)11(8-9)14-5-7-16-6-1-4-15-16/h1-4,6,8,14H,5,7H2,(H,17,18). The molecule has 0 spiro atoms. The van der Waals surface area contributed by atoms with Crippen LogP contribution in [0.25, 0.3) is 0 Å². The van der Waals surface area contributed by atoms with Gasteiger partial charge in [-0.05, 0) is 24.3 Å². The minimum Gasteiger partial charge on any atom is -0.478 e. The Kier molecular flexibility index (Phi) is 3.99. The first-order chi connectivity index (χ1) is 8.66. The molecule has 2 rings (SSSR count). The molecule has 6 heteroatoms. The Hall–Kier alpha value is -1.82. The molecule has 5 nitrogen and oxygen atoms in total. The maximum atomic E-state index is 11.1. The minimum atomic E-state index is -0.941. The largest absolute Gasteiger partial charge is 0.478 e. The van der Waals surface area contributed by atoms with Gasteiger partial charge in [0.1, 0.15) is 0 Å². The molecule has 0 atom stereocenters. The van der Waals surface area contributed by atoms with Gasteiger partial charge in [-0.3, -0.25) is 4.68 Å². The lowest BCUT2D eigenvalue weighted by Crippen LogP contribution is -2.13. The van der Waals surface area contributed by atoms with E-state index >= 15 is 0 Å². The average molecular weight is 310 g/mol. The van der Waals surface area contributed by atoms with E-state index in [0.29, 0.717) is 18.8 Å². The molecule has 94 valence electrons. The number of hydrogen-bond donors (Lipinski definition) is 2. The van der Waals surface area contributed by atoms with Crippen LogP contribution in [0.3, 0.4) is 0 Å². The van der Waals surface area contributed by atoms with Crippen LogP contribution in [0.4, 0.5) is 5.69 Å². The lowest BCUT2D eigenvalue weighted by Gasteiger charge is -2.10. The summed E-state index contributed by atoms with van der Waals surface area (Å²) in [6.45, 7) is 1.29. The first-order valence-electron chi connectivity index (χ1n) is 5.41. The van der Waals surface area contributed by atoms with Crippen LogP contribution in [-0.2, 0) is 6.54 Å². The second-order valence-electron chi connectivity index (χ2n) is 3.69. The third-order valence-electron chi connectivity index (χ3n) is 2.43. The molecule has 1 aromatic heterocycles. The van der Waals surface area contributed by atoms with Crippen molar-refractivity contribution in [2.24, 2.45) is 0 Å². The van der Waals surface area contributed by atoms with Gasteiger partial charge in [0.2, 0.25) is 0 Å². The smallest absolute Gasteiger partial charge is 0.337 e. The van der Waals surface area contributed by atoms with Gasteiger partial charge < -0.3 is 10.4 Å². The van der Waals surface area contributed by atoms with E-state index in [1.54, 1.807) is 29.1 Å². The van der Waals surface area contributed by atoms with Crippen LogP contribution in [0.1, 0.15) is 10.4 Å². The monoisotopic (exact) mass is 309 g/mol. The number of carbonyl (C=O) groups is 1. The molecule has 0 aliphatic carbocycles. The van der Waals surface area contributed by atoms with Gasteiger partial charge >= 0.3 is 5.97 Å². The Morgan fingerprint density at radius 1 is 1.50 bits per heavy atom. The lowest BCUT2D eigenvalue weighted by atomic mass is 10.2. The molecule has 0 amide bonds. The van der Waals surface area contributed by atoms with Crippen molar-refractivity contribution in [1.82, 2.24) is 9.78 Å². The second-order valence-corrected chi connectivity index (χ2v) is 4.61. The number of anilines is 1. The van der Waals surface area contributed by atoms with Crippen molar-refractivity contribution in [2.45, 2.75) is 6.54 Å². The van der Waals surface area contributed by atoms with Crippen molar-refractivity contribution in [1.29, 1.82) is 0 Å². The van der Waals surface area contributed by atoms with Crippen LogP contribution in [-0.4, -0.2) is 27.4 Å². The topological polar surface area (TPSA) is 67.2 Å². The van der Waals surface area contributed by atoms with Gasteiger partial charge in [-0.15, -0.1) is 0 Å². The number of carboxylic acids is 1. The van der Waals surface area contributed by atoms with Crippen molar-refractivity contribution < 1.29 is 9.90 Å². The predicted octanol–water partition coefficient (Wildman–Crippen LogP) is 2.46. The molecule has 2 aromatic rings. The van der Waals surface area contributed by atoms with Gasteiger partial charge in [0, 0.05) is 29.1 Å². The fraction of sp³-hybridized carbons (Fsp3) is 0.167. The summed E-state index contributed by atoms with van der Waals surface area (Å²) in [6, 6.07) is 6.89. The maximum absolute atomic E-state index is 11.1. The van der Waals surface area contributed by atoms with E-state index in [9.17, 15) is 4.79 Å². The lowest BCUT2D eigenvalue weighted by molar-refractivity contribution is 0.0698. The Balaban J connectivity index is 2.03.